The number of hydrogen-bond acceptors (Lipinski definition) is 4. The molecule has 0 aliphatic heterocycles. The van der Waals surface area contributed by atoms with Gasteiger partial charge in [-0.05, 0) is 36.1 Å². The second-order valence-corrected chi connectivity index (χ2v) is 4.58. The molecule has 2 N–H and O–H groups in total. The summed E-state index contributed by atoms with van der Waals surface area (Å²) in [6.07, 6.45) is 0. The number of hydrogen-bond donors (Lipinski definition) is 1. The van der Waals surface area contributed by atoms with Crippen molar-refractivity contribution in [2.45, 2.75) is 26.7 Å². The topological polar surface area (TPSA) is 61.0 Å². The molecule has 0 radical (unpaired) electrons. The number of rotatable bonds is 3. The fraction of sp³-hybridized carbons (Fsp3) is 0.286. The minimum absolute atomic E-state index is 0.384. The Balaban J connectivity index is 2.27. The van der Waals surface area contributed by atoms with Gasteiger partial charge in [0.2, 0.25) is 5.88 Å². The van der Waals surface area contributed by atoms with E-state index in [0.29, 0.717) is 17.6 Å². The van der Waals surface area contributed by atoms with Gasteiger partial charge >= 0.3 is 0 Å². The first kappa shape index (κ1) is 12.4. The molecule has 0 bridgehead atoms. The van der Waals surface area contributed by atoms with Gasteiger partial charge in [-0.15, -0.1) is 10.2 Å². The Labute approximate surface area is 107 Å². The van der Waals surface area contributed by atoms with Gasteiger partial charge in [0.05, 0.1) is 0 Å². The van der Waals surface area contributed by atoms with Crippen LogP contribution >= 0.6 is 0 Å². The summed E-state index contributed by atoms with van der Waals surface area (Å²) in [4.78, 5) is 0. The van der Waals surface area contributed by atoms with Crippen molar-refractivity contribution in [1.29, 1.82) is 0 Å². The van der Waals surface area contributed by atoms with Crippen molar-refractivity contribution in [3.63, 3.8) is 0 Å². The van der Waals surface area contributed by atoms with Crippen molar-refractivity contribution in [3.05, 3.63) is 41.5 Å². The Morgan fingerprint density at radius 3 is 2.50 bits per heavy atom. The zero-order valence-electron chi connectivity index (χ0n) is 10.8. The lowest BCUT2D eigenvalue weighted by atomic mass is 10.0. The van der Waals surface area contributed by atoms with E-state index in [1.165, 1.54) is 5.56 Å². The van der Waals surface area contributed by atoms with E-state index in [1.807, 2.05) is 13.0 Å². The van der Waals surface area contributed by atoms with Crippen LogP contribution in [0.25, 0.3) is 0 Å². The first-order valence-corrected chi connectivity index (χ1v) is 5.94. The molecule has 0 saturated heterocycles. The molecule has 94 valence electrons. The Kier molecular flexibility index (Phi) is 3.46. The number of aryl methyl sites for hydroxylation is 1. The Morgan fingerprint density at radius 2 is 1.89 bits per heavy atom. The number of nitrogen functional groups attached to an aromatic ring is 1. The van der Waals surface area contributed by atoms with Gasteiger partial charge in [-0.25, -0.2) is 0 Å². The summed E-state index contributed by atoms with van der Waals surface area (Å²) in [7, 11) is 0. The third kappa shape index (κ3) is 2.77. The van der Waals surface area contributed by atoms with E-state index in [0.717, 1.165) is 11.3 Å². The van der Waals surface area contributed by atoms with Crippen LogP contribution in [0.15, 0.2) is 30.3 Å². The van der Waals surface area contributed by atoms with E-state index in [1.54, 1.807) is 12.1 Å². The van der Waals surface area contributed by atoms with Gasteiger partial charge < -0.3 is 10.5 Å². The van der Waals surface area contributed by atoms with Crippen molar-refractivity contribution in [3.8, 4) is 11.6 Å². The van der Waals surface area contributed by atoms with E-state index in [2.05, 4.69) is 36.2 Å². The lowest BCUT2D eigenvalue weighted by molar-refractivity contribution is 0.451. The van der Waals surface area contributed by atoms with Gasteiger partial charge in [-0.1, -0.05) is 26.0 Å². The van der Waals surface area contributed by atoms with E-state index in [-0.39, 0.29) is 0 Å². The van der Waals surface area contributed by atoms with E-state index < -0.39 is 0 Å². The predicted octanol–water partition coefficient (Wildman–Crippen LogP) is 3.28. The molecule has 1 aromatic heterocycles. The normalized spacial score (nSPS) is 10.7. The first-order valence-electron chi connectivity index (χ1n) is 5.94. The molecule has 4 nitrogen and oxygen atoms in total. The smallest absolute Gasteiger partial charge is 0.239 e. The summed E-state index contributed by atoms with van der Waals surface area (Å²) in [5, 5.41) is 7.66. The lowest BCUT2D eigenvalue weighted by Crippen LogP contribution is -1.97. The molecule has 4 heteroatoms. The molecular formula is C14H17N3O. The van der Waals surface area contributed by atoms with E-state index in [9.17, 15) is 0 Å². The summed E-state index contributed by atoms with van der Waals surface area (Å²) < 4.78 is 5.73. The van der Waals surface area contributed by atoms with Crippen molar-refractivity contribution in [2.75, 3.05) is 5.73 Å². The molecule has 0 atom stereocenters. The molecule has 1 aromatic carbocycles. The van der Waals surface area contributed by atoms with Crippen LogP contribution in [0.5, 0.6) is 11.6 Å². The highest BCUT2D eigenvalue weighted by molar-refractivity contribution is 5.40. The molecule has 0 spiro atoms. The summed E-state index contributed by atoms with van der Waals surface area (Å²) in [5.41, 5.74) is 7.79. The SMILES string of the molecule is Cc1ccc(C(C)C)cc1Oc1ccc(N)nn1. The van der Waals surface area contributed by atoms with Gasteiger partial charge in [0, 0.05) is 6.07 Å². The predicted molar refractivity (Wildman–Crippen MR) is 71.8 cm³/mol. The monoisotopic (exact) mass is 243 g/mol. The average molecular weight is 243 g/mol. The number of anilines is 1. The number of nitrogens with two attached hydrogens (primary N) is 1. The highest BCUT2D eigenvalue weighted by atomic mass is 16.5. The third-order valence-corrected chi connectivity index (χ3v) is 2.75. The van der Waals surface area contributed by atoms with Gasteiger partial charge in [0.25, 0.3) is 0 Å². The molecule has 0 fully saturated rings. The van der Waals surface area contributed by atoms with Crippen LogP contribution in [-0.4, -0.2) is 10.2 Å². The molecule has 0 aliphatic carbocycles. The molecule has 2 rings (SSSR count). The number of aromatic nitrogens is 2. The van der Waals surface area contributed by atoms with Crippen LogP contribution in [0.3, 0.4) is 0 Å². The fourth-order valence-electron chi connectivity index (χ4n) is 1.58. The zero-order chi connectivity index (χ0) is 13.1. The van der Waals surface area contributed by atoms with Crippen molar-refractivity contribution in [2.24, 2.45) is 0 Å². The summed E-state index contributed by atoms with van der Waals surface area (Å²) in [6.45, 7) is 6.30. The number of benzene rings is 1. The first-order chi connectivity index (χ1) is 8.56. The second kappa shape index (κ2) is 5.04. The van der Waals surface area contributed by atoms with Crippen LogP contribution < -0.4 is 10.5 Å². The zero-order valence-corrected chi connectivity index (χ0v) is 10.8. The highest BCUT2D eigenvalue weighted by Gasteiger charge is 2.06. The molecule has 2 aromatic rings. The quantitative estimate of drug-likeness (QED) is 0.898. The van der Waals surface area contributed by atoms with E-state index in [4.69, 9.17) is 10.5 Å². The molecular weight excluding hydrogens is 226 g/mol. The average Bonchev–Trinajstić information content (AvgIpc) is 2.34. The molecule has 0 unspecified atom stereocenters. The maximum absolute atomic E-state index is 5.73. The van der Waals surface area contributed by atoms with Gasteiger partial charge in [-0.3, -0.25) is 0 Å². The minimum atomic E-state index is 0.384. The molecule has 0 aliphatic rings. The Morgan fingerprint density at radius 1 is 1.11 bits per heavy atom. The second-order valence-electron chi connectivity index (χ2n) is 4.58. The van der Waals surface area contributed by atoms with Crippen molar-refractivity contribution in [1.82, 2.24) is 10.2 Å². The van der Waals surface area contributed by atoms with E-state index >= 15 is 0 Å². The minimum Gasteiger partial charge on any atom is -0.437 e. The standard InChI is InChI=1S/C14H17N3O/c1-9(2)11-5-4-10(3)12(8-11)18-14-7-6-13(15)16-17-14/h4-9H,1-3H3,(H2,15,16). The maximum Gasteiger partial charge on any atom is 0.239 e. The van der Waals surface area contributed by atoms with Crippen LogP contribution in [-0.2, 0) is 0 Å². The molecule has 1 heterocycles. The summed E-state index contributed by atoms with van der Waals surface area (Å²) >= 11 is 0. The summed E-state index contributed by atoms with van der Waals surface area (Å²) in [6, 6.07) is 9.59. The van der Waals surface area contributed by atoms with Crippen LogP contribution in [0.1, 0.15) is 30.9 Å². The van der Waals surface area contributed by atoms with Gasteiger partial charge in [0.15, 0.2) is 0 Å². The summed E-state index contributed by atoms with van der Waals surface area (Å²) in [5.74, 6) is 2.11. The van der Waals surface area contributed by atoms with Crippen molar-refractivity contribution >= 4 is 5.82 Å². The Bertz CT molecular complexity index is 535. The maximum atomic E-state index is 5.73. The van der Waals surface area contributed by atoms with Crippen LogP contribution in [0, 0.1) is 6.92 Å². The fourth-order valence-corrected chi connectivity index (χ4v) is 1.58. The Hall–Kier alpha value is -2.10. The van der Waals surface area contributed by atoms with Crippen LogP contribution in [0.4, 0.5) is 5.82 Å². The number of ether oxygens (including phenoxy) is 1. The molecule has 0 amide bonds. The number of nitrogens with zero attached hydrogens (tertiary/aromatic N) is 2. The third-order valence-electron chi connectivity index (χ3n) is 2.75. The van der Waals surface area contributed by atoms with Gasteiger partial charge in [0.1, 0.15) is 11.6 Å². The molecule has 18 heavy (non-hydrogen) atoms. The van der Waals surface area contributed by atoms with Gasteiger partial charge in [-0.2, -0.15) is 0 Å². The molecule has 0 saturated carbocycles. The van der Waals surface area contributed by atoms with Crippen LogP contribution in [0.2, 0.25) is 0 Å². The van der Waals surface area contributed by atoms with Crippen molar-refractivity contribution < 1.29 is 4.74 Å². The highest BCUT2D eigenvalue weighted by Crippen LogP contribution is 2.27. The largest absolute Gasteiger partial charge is 0.437 e. The lowest BCUT2D eigenvalue weighted by Gasteiger charge is -2.11.